The van der Waals surface area contributed by atoms with Gasteiger partial charge in [-0.15, -0.1) is 0 Å². The molecule has 0 heterocycles. The first kappa shape index (κ1) is 14.7. The standard InChI is InChI=1S/C15H19FN2O2/c1-18(13-6-8-14(19)9-7-13)10-15(20)17-12-4-2-11(16)3-5-12/h2-5,13H,6-10H2,1H3,(H,17,20). The Morgan fingerprint density at radius 2 is 1.90 bits per heavy atom. The van der Waals surface area contributed by atoms with E-state index in [4.69, 9.17) is 0 Å². The molecule has 108 valence electrons. The van der Waals surface area contributed by atoms with Gasteiger partial charge in [0.1, 0.15) is 11.6 Å². The van der Waals surface area contributed by atoms with E-state index in [1.165, 1.54) is 24.3 Å². The number of carbonyl (C=O) groups excluding carboxylic acids is 2. The predicted molar refractivity (Wildman–Crippen MR) is 74.9 cm³/mol. The molecule has 1 aliphatic carbocycles. The summed E-state index contributed by atoms with van der Waals surface area (Å²) in [5.74, 6) is -0.145. The van der Waals surface area contributed by atoms with Crippen LogP contribution in [-0.4, -0.2) is 36.2 Å². The Bertz CT molecular complexity index is 477. The summed E-state index contributed by atoms with van der Waals surface area (Å²) < 4.78 is 12.8. The molecule has 1 amide bonds. The number of amides is 1. The summed E-state index contributed by atoms with van der Waals surface area (Å²) >= 11 is 0. The largest absolute Gasteiger partial charge is 0.325 e. The lowest BCUT2D eigenvalue weighted by Crippen LogP contribution is -2.40. The van der Waals surface area contributed by atoms with Gasteiger partial charge in [0.15, 0.2) is 0 Å². The topological polar surface area (TPSA) is 49.4 Å². The van der Waals surface area contributed by atoms with E-state index in [0.29, 0.717) is 24.3 Å². The highest BCUT2D eigenvalue weighted by atomic mass is 19.1. The second kappa shape index (κ2) is 6.61. The van der Waals surface area contributed by atoms with E-state index < -0.39 is 0 Å². The maximum absolute atomic E-state index is 12.8. The zero-order valence-electron chi connectivity index (χ0n) is 11.6. The van der Waals surface area contributed by atoms with Crippen LogP contribution in [0.4, 0.5) is 10.1 Å². The van der Waals surface area contributed by atoms with Crippen molar-refractivity contribution >= 4 is 17.4 Å². The number of hydrogen-bond donors (Lipinski definition) is 1. The third kappa shape index (κ3) is 4.13. The van der Waals surface area contributed by atoms with E-state index >= 15 is 0 Å². The van der Waals surface area contributed by atoms with Crippen molar-refractivity contribution in [3.05, 3.63) is 30.1 Å². The van der Waals surface area contributed by atoms with Gasteiger partial charge >= 0.3 is 0 Å². The Hall–Kier alpha value is -1.75. The summed E-state index contributed by atoms with van der Waals surface area (Å²) in [6, 6.07) is 5.98. The van der Waals surface area contributed by atoms with Gasteiger partial charge in [-0.2, -0.15) is 0 Å². The summed E-state index contributed by atoms with van der Waals surface area (Å²) in [5, 5.41) is 2.73. The highest BCUT2D eigenvalue weighted by Crippen LogP contribution is 2.19. The highest BCUT2D eigenvalue weighted by Gasteiger charge is 2.23. The van der Waals surface area contributed by atoms with Gasteiger partial charge in [0.2, 0.25) is 5.91 Å². The average molecular weight is 278 g/mol. The van der Waals surface area contributed by atoms with E-state index in [1.54, 1.807) is 0 Å². The molecule has 4 nitrogen and oxygen atoms in total. The van der Waals surface area contributed by atoms with Gasteiger partial charge in [-0.05, 0) is 44.2 Å². The zero-order valence-corrected chi connectivity index (χ0v) is 11.6. The quantitative estimate of drug-likeness (QED) is 0.918. The van der Waals surface area contributed by atoms with Gasteiger partial charge < -0.3 is 5.32 Å². The minimum Gasteiger partial charge on any atom is -0.325 e. The van der Waals surface area contributed by atoms with E-state index in [9.17, 15) is 14.0 Å². The molecule has 0 spiro atoms. The third-order valence-corrected chi connectivity index (χ3v) is 3.66. The minimum atomic E-state index is -0.327. The van der Waals surface area contributed by atoms with Crippen LogP contribution in [0.15, 0.2) is 24.3 Å². The van der Waals surface area contributed by atoms with Gasteiger partial charge in [0, 0.05) is 24.6 Å². The average Bonchev–Trinajstić information content (AvgIpc) is 2.42. The molecular weight excluding hydrogens is 259 g/mol. The Morgan fingerprint density at radius 1 is 1.30 bits per heavy atom. The number of halogens is 1. The number of rotatable bonds is 4. The molecule has 0 radical (unpaired) electrons. The molecule has 2 rings (SSSR count). The Morgan fingerprint density at radius 3 is 2.50 bits per heavy atom. The number of hydrogen-bond acceptors (Lipinski definition) is 3. The fourth-order valence-corrected chi connectivity index (χ4v) is 2.45. The number of nitrogens with one attached hydrogen (secondary N) is 1. The van der Waals surface area contributed by atoms with Gasteiger partial charge in [-0.25, -0.2) is 4.39 Å². The molecule has 1 N–H and O–H groups in total. The highest BCUT2D eigenvalue weighted by molar-refractivity contribution is 5.92. The first-order valence-corrected chi connectivity index (χ1v) is 6.82. The summed E-state index contributed by atoms with van der Waals surface area (Å²) in [4.78, 5) is 25.1. The lowest BCUT2D eigenvalue weighted by atomic mass is 9.93. The van der Waals surface area contributed by atoms with Gasteiger partial charge in [0.05, 0.1) is 6.54 Å². The number of ketones is 1. The maximum Gasteiger partial charge on any atom is 0.238 e. The number of likely N-dealkylation sites (N-methyl/N-ethyl adjacent to an activating group) is 1. The van der Waals surface area contributed by atoms with E-state index in [0.717, 1.165) is 12.8 Å². The lowest BCUT2D eigenvalue weighted by Gasteiger charge is -2.30. The van der Waals surface area contributed by atoms with Crippen molar-refractivity contribution in [2.45, 2.75) is 31.7 Å². The number of carbonyl (C=O) groups is 2. The number of benzene rings is 1. The van der Waals surface area contributed by atoms with Crippen molar-refractivity contribution < 1.29 is 14.0 Å². The fraction of sp³-hybridized carbons (Fsp3) is 0.467. The molecule has 1 saturated carbocycles. The molecular formula is C15H19FN2O2. The van der Waals surface area contributed by atoms with Gasteiger partial charge in [0.25, 0.3) is 0 Å². The molecule has 0 atom stereocenters. The number of anilines is 1. The van der Waals surface area contributed by atoms with Crippen molar-refractivity contribution in [1.82, 2.24) is 4.90 Å². The molecule has 0 unspecified atom stereocenters. The molecule has 1 aromatic rings. The molecule has 0 aliphatic heterocycles. The summed E-state index contributed by atoms with van der Waals surface area (Å²) in [5.41, 5.74) is 0.587. The SMILES string of the molecule is CN(CC(=O)Nc1ccc(F)cc1)C1CCC(=O)CC1. The summed E-state index contributed by atoms with van der Waals surface area (Å²) in [6.07, 6.45) is 2.85. The van der Waals surface area contributed by atoms with Gasteiger partial charge in [-0.1, -0.05) is 0 Å². The first-order chi connectivity index (χ1) is 9.54. The molecule has 0 saturated heterocycles. The number of Topliss-reactive ketones (excluding diaryl/α,β-unsaturated/α-hetero) is 1. The normalized spacial score (nSPS) is 16.4. The van der Waals surface area contributed by atoms with Crippen molar-refractivity contribution in [2.75, 3.05) is 18.9 Å². The Kier molecular flexibility index (Phi) is 4.84. The van der Waals surface area contributed by atoms with Crippen LogP contribution in [0.2, 0.25) is 0 Å². The van der Waals surface area contributed by atoms with Crippen LogP contribution in [-0.2, 0) is 9.59 Å². The lowest BCUT2D eigenvalue weighted by molar-refractivity contribution is -0.121. The fourth-order valence-electron chi connectivity index (χ4n) is 2.45. The first-order valence-electron chi connectivity index (χ1n) is 6.82. The molecule has 1 aromatic carbocycles. The Labute approximate surface area is 118 Å². The smallest absolute Gasteiger partial charge is 0.238 e. The Balaban J connectivity index is 1.81. The summed E-state index contributed by atoms with van der Waals surface area (Å²) in [6.45, 7) is 0.274. The second-order valence-electron chi connectivity index (χ2n) is 5.24. The van der Waals surface area contributed by atoms with Crippen LogP contribution in [0.3, 0.4) is 0 Å². The molecule has 1 aliphatic rings. The van der Waals surface area contributed by atoms with E-state index in [2.05, 4.69) is 5.32 Å². The number of nitrogens with zero attached hydrogens (tertiary/aromatic N) is 1. The van der Waals surface area contributed by atoms with Crippen molar-refractivity contribution in [2.24, 2.45) is 0 Å². The molecule has 1 fully saturated rings. The second-order valence-corrected chi connectivity index (χ2v) is 5.24. The van der Waals surface area contributed by atoms with Crippen LogP contribution in [0.5, 0.6) is 0 Å². The van der Waals surface area contributed by atoms with Crippen LogP contribution in [0.1, 0.15) is 25.7 Å². The van der Waals surface area contributed by atoms with Crippen LogP contribution in [0.25, 0.3) is 0 Å². The molecule has 5 heteroatoms. The minimum absolute atomic E-state index is 0.129. The van der Waals surface area contributed by atoms with Crippen LogP contribution in [0, 0.1) is 5.82 Å². The zero-order chi connectivity index (χ0) is 14.5. The van der Waals surface area contributed by atoms with E-state index in [1.807, 2.05) is 11.9 Å². The van der Waals surface area contributed by atoms with Crippen molar-refractivity contribution in [3.8, 4) is 0 Å². The van der Waals surface area contributed by atoms with Crippen molar-refractivity contribution in [1.29, 1.82) is 0 Å². The molecule has 0 aromatic heterocycles. The molecule has 0 bridgehead atoms. The third-order valence-electron chi connectivity index (χ3n) is 3.66. The van der Waals surface area contributed by atoms with Crippen LogP contribution < -0.4 is 5.32 Å². The van der Waals surface area contributed by atoms with E-state index in [-0.39, 0.29) is 24.3 Å². The van der Waals surface area contributed by atoms with Crippen LogP contribution >= 0.6 is 0 Å². The van der Waals surface area contributed by atoms with Crippen molar-refractivity contribution in [3.63, 3.8) is 0 Å². The molecule has 20 heavy (non-hydrogen) atoms. The monoisotopic (exact) mass is 278 g/mol. The van der Waals surface area contributed by atoms with Gasteiger partial charge in [-0.3, -0.25) is 14.5 Å². The predicted octanol–water partition coefficient (Wildman–Crippen LogP) is 2.21. The maximum atomic E-state index is 12.8. The summed E-state index contributed by atoms with van der Waals surface area (Å²) in [7, 11) is 1.89.